The van der Waals surface area contributed by atoms with Gasteiger partial charge in [0.15, 0.2) is 0 Å². The minimum Gasteiger partial charge on any atom is -0.495 e. The van der Waals surface area contributed by atoms with Crippen LogP contribution in [0.4, 0.5) is 5.69 Å². The van der Waals surface area contributed by atoms with E-state index in [0.29, 0.717) is 16.5 Å². The van der Waals surface area contributed by atoms with Gasteiger partial charge in [-0.1, -0.05) is 11.6 Å². The Hall–Kier alpha value is -1.65. The van der Waals surface area contributed by atoms with Gasteiger partial charge < -0.3 is 14.5 Å². The van der Waals surface area contributed by atoms with Crippen molar-refractivity contribution in [2.45, 2.75) is 6.92 Å². The maximum atomic E-state index is 12.0. The summed E-state index contributed by atoms with van der Waals surface area (Å²) in [6, 6.07) is 4.86. The van der Waals surface area contributed by atoms with Crippen molar-refractivity contribution in [1.82, 2.24) is 0 Å². The molecule has 0 unspecified atom stereocenters. The summed E-state index contributed by atoms with van der Waals surface area (Å²) in [6.07, 6.45) is 1.35. The molecule has 0 aliphatic carbocycles. The average molecular weight is 300 g/mol. The first-order valence-corrected chi connectivity index (χ1v) is 6.17. The van der Waals surface area contributed by atoms with Gasteiger partial charge in [-0.25, -0.2) is 0 Å². The molecule has 4 nitrogen and oxygen atoms in total. The molecule has 0 aliphatic rings. The van der Waals surface area contributed by atoms with E-state index < -0.39 is 0 Å². The molecule has 0 atom stereocenters. The topological polar surface area (TPSA) is 51.5 Å². The Balaban J connectivity index is 2.31. The van der Waals surface area contributed by atoms with Gasteiger partial charge in [0.1, 0.15) is 5.75 Å². The lowest BCUT2D eigenvalue weighted by atomic mass is 10.2. The Bertz CT molecular complexity index is 622. The van der Waals surface area contributed by atoms with Gasteiger partial charge in [-0.2, -0.15) is 0 Å². The minimum absolute atomic E-state index is 0.0437. The number of carbonyl (C=O) groups excluding carboxylic acids is 1. The quantitative estimate of drug-likeness (QED) is 0.926. The number of hydrogen-bond acceptors (Lipinski definition) is 3. The number of methoxy groups -OCH3 is 1. The summed E-state index contributed by atoms with van der Waals surface area (Å²) in [5.41, 5.74) is 1.61. The van der Waals surface area contributed by atoms with E-state index in [9.17, 15) is 4.79 Å². The van der Waals surface area contributed by atoms with Crippen LogP contribution in [0.1, 0.15) is 15.9 Å². The fourth-order valence-electron chi connectivity index (χ4n) is 1.58. The highest BCUT2D eigenvalue weighted by Gasteiger charge is 2.16. The SMILES string of the molecule is COc1cc(Cl)c(C)cc1NC(=O)c1ccoc1Cl. The molecular weight excluding hydrogens is 289 g/mol. The summed E-state index contributed by atoms with van der Waals surface area (Å²) in [4.78, 5) is 12.0. The summed E-state index contributed by atoms with van der Waals surface area (Å²) in [5, 5.41) is 3.32. The number of furan rings is 1. The van der Waals surface area contributed by atoms with Gasteiger partial charge in [0.2, 0.25) is 5.22 Å². The summed E-state index contributed by atoms with van der Waals surface area (Å²) in [6.45, 7) is 1.84. The molecule has 1 N–H and O–H groups in total. The van der Waals surface area contributed by atoms with Crippen LogP contribution in [0.2, 0.25) is 10.2 Å². The monoisotopic (exact) mass is 299 g/mol. The van der Waals surface area contributed by atoms with Gasteiger partial charge in [0.25, 0.3) is 5.91 Å². The number of halogens is 2. The number of nitrogens with one attached hydrogen (secondary N) is 1. The molecule has 19 heavy (non-hydrogen) atoms. The second-order valence-electron chi connectivity index (χ2n) is 3.86. The lowest BCUT2D eigenvalue weighted by Crippen LogP contribution is -2.12. The largest absolute Gasteiger partial charge is 0.495 e. The predicted molar refractivity (Wildman–Crippen MR) is 74.4 cm³/mol. The smallest absolute Gasteiger partial charge is 0.260 e. The van der Waals surface area contributed by atoms with E-state index in [1.165, 1.54) is 19.4 Å². The van der Waals surface area contributed by atoms with Crippen molar-refractivity contribution < 1.29 is 13.9 Å². The highest BCUT2D eigenvalue weighted by atomic mass is 35.5. The van der Waals surface area contributed by atoms with Gasteiger partial charge in [-0.15, -0.1) is 0 Å². The second-order valence-corrected chi connectivity index (χ2v) is 4.61. The molecule has 0 bridgehead atoms. The number of carbonyl (C=O) groups is 1. The number of anilines is 1. The fraction of sp³-hybridized carbons (Fsp3) is 0.154. The molecule has 100 valence electrons. The Morgan fingerprint density at radius 3 is 2.68 bits per heavy atom. The van der Waals surface area contributed by atoms with Crippen molar-refractivity contribution in [2.24, 2.45) is 0 Å². The van der Waals surface area contributed by atoms with Crippen LogP contribution in [0.15, 0.2) is 28.9 Å². The minimum atomic E-state index is -0.376. The first-order chi connectivity index (χ1) is 9.02. The zero-order valence-electron chi connectivity index (χ0n) is 10.3. The van der Waals surface area contributed by atoms with Gasteiger partial charge in [0.05, 0.1) is 24.6 Å². The van der Waals surface area contributed by atoms with E-state index in [2.05, 4.69) is 5.32 Å². The molecule has 1 heterocycles. The van der Waals surface area contributed by atoms with Crippen LogP contribution in [0.3, 0.4) is 0 Å². The molecule has 2 aromatic rings. The number of ether oxygens (including phenoxy) is 1. The summed E-state index contributed by atoms with van der Waals surface area (Å²) < 4.78 is 10.0. The molecule has 1 amide bonds. The molecule has 0 radical (unpaired) electrons. The zero-order valence-corrected chi connectivity index (χ0v) is 11.8. The van der Waals surface area contributed by atoms with Crippen molar-refractivity contribution in [3.8, 4) is 5.75 Å². The van der Waals surface area contributed by atoms with Crippen LogP contribution in [-0.2, 0) is 0 Å². The first-order valence-electron chi connectivity index (χ1n) is 5.41. The Kier molecular flexibility index (Phi) is 4.02. The normalized spacial score (nSPS) is 10.3. The zero-order chi connectivity index (χ0) is 14.0. The van der Waals surface area contributed by atoms with E-state index in [1.54, 1.807) is 12.1 Å². The van der Waals surface area contributed by atoms with Gasteiger partial charge in [-0.05, 0) is 36.2 Å². The third-order valence-corrected chi connectivity index (χ3v) is 3.29. The first kappa shape index (κ1) is 13.8. The van der Waals surface area contributed by atoms with Crippen molar-refractivity contribution in [1.29, 1.82) is 0 Å². The van der Waals surface area contributed by atoms with Crippen molar-refractivity contribution in [3.63, 3.8) is 0 Å². The standard InChI is InChI=1S/C13H11Cl2NO3/c1-7-5-10(11(18-2)6-9(7)14)16-13(17)8-3-4-19-12(8)15/h3-6H,1-2H3,(H,16,17). The van der Waals surface area contributed by atoms with E-state index in [1.807, 2.05) is 6.92 Å². The maximum Gasteiger partial charge on any atom is 0.260 e. The number of amides is 1. The summed E-state index contributed by atoms with van der Waals surface area (Å²) in [7, 11) is 1.50. The molecular formula is C13H11Cl2NO3. The Morgan fingerprint density at radius 1 is 1.37 bits per heavy atom. The maximum absolute atomic E-state index is 12.0. The van der Waals surface area contributed by atoms with E-state index >= 15 is 0 Å². The van der Waals surface area contributed by atoms with Gasteiger partial charge in [0, 0.05) is 11.1 Å². The second kappa shape index (κ2) is 5.55. The number of rotatable bonds is 3. The van der Waals surface area contributed by atoms with E-state index in [-0.39, 0.29) is 16.7 Å². The lowest BCUT2D eigenvalue weighted by Gasteiger charge is -2.11. The molecule has 0 saturated carbocycles. The van der Waals surface area contributed by atoms with Crippen LogP contribution in [0, 0.1) is 6.92 Å². The predicted octanol–water partition coefficient (Wildman–Crippen LogP) is 4.16. The molecule has 0 fully saturated rings. The van der Waals surface area contributed by atoms with Crippen LogP contribution >= 0.6 is 23.2 Å². The summed E-state index contributed by atoms with van der Waals surface area (Å²) >= 11 is 11.7. The Labute approximate surface area is 120 Å². The number of hydrogen-bond donors (Lipinski definition) is 1. The van der Waals surface area contributed by atoms with E-state index in [4.69, 9.17) is 32.4 Å². The van der Waals surface area contributed by atoms with Crippen molar-refractivity contribution in [3.05, 3.63) is 45.8 Å². The average Bonchev–Trinajstić information content (AvgIpc) is 2.79. The fourth-order valence-corrected chi connectivity index (χ4v) is 1.93. The third kappa shape index (κ3) is 2.85. The third-order valence-electron chi connectivity index (χ3n) is 2.59. The summed E-state index contributed by atoms with van der Waals surface area (Å²) in [5.74, 6) is 0.0994. The number of aryl methyl sites for hydroxylation is 1. The molecule has 2 rings (SSSR count). The molecule has 1 aromatic carbocycles. The van der Waals surface area contributed by atoms with Crippen LogP contribution in [-0.4, -0.2) is 13.0 Å². The number of benzene rings is 1. The Morgan fingerprint density at radius 2 is 2.11 bits per heavy atom. The molecule has 0 aliphatic heterocycles. The van der Waals surface area contributed by atoms with Gasteiger partial charge in [-0.3, -0.25) is 4.79 Å². The van der Waals surface area contributed by atoms with Crippen LogP contribution in [0.5, 0.6) is 5.75 Å². The van der Waals surface area contributed by atoms with Crippen molar-refractivity contribution in [2.75, 3.05) is 12.4 Å². The highest BCUT2D eigenvalue weighted by Crippen LogP contribution is 2.31. The van der Waals surface area contributed by atoms with Crippen LogP contribution in [0.25, 0.3) is 0 Å². The molecule has 1 aromatic heterocycles. The van der Waals surface area contributed by atoms with Gasteiger partial charge >= 0.3 is 0 Å². The molecule has 0 spiro atoms. The highest BCUT2D eigenvalue weighted by molar-refractivity contribution is 6.33. The molecule has 6 heteroatoms. The van der Waals surface area contributed by atoms with E-state index in [0.717, 1.165) is 5.56 Å². The van der Waals surface area contributed by atoms with Crippen molar-refractivity contribution >= 4 is 34.8 Å². The molecule has 0 saturated heterocycles. The lowest BCUT2D eigenvalue weighted by molar-refractivity contribution is 0.102. The van der Waals surface area contributed by atoms with Crippen LogP contribution < -0.4 is 10.1 Å².